The first-order valence-corrected chi connectivity index (χ1v) is 9.07. The molecule has 0 spiro atoms. The highest BCUT2D eigenvalue weighted by molar-refractivity contribution is 7.07. The van der Waals surface area contributed by atoms with Crippen molar-refractivity contribution >= 4 is 17.2 Å². The smallest absolute Gasteiger partial charge is 0.487 e. The molecular weight excluding hydrogens is 393 g/mol. The van der Waals surface area contributed by atoms with Gasteiger partial charge in [0.1, 0.15) is 18.1 Å². The number of benzene rings is 2. The number of ether oxygens (including phenoxy) is 2. The molecular formula is C19H15F3N2O3S. The van der Waals surface area contributed by atoms with Gasteiger partial charge in [0.15, 0.2) is 0 Å². The molecule has 2 aromatic carbocycles. The third-order valence-electron chi connectivity index (χ3n) is 3.62. The third kappa shape index (κ3) is 5.71. The second kappa shape index (κ2) is 8.75. The summed E-state index contributed by atoms with van der Waals surface area (Å²) < 4.78 is 46.9. The van der Waals surface area contributed by atoms with Crippen LogP contribution in [0.3, 0.4) is 0 Å². The zero-order chi connectivity index (χ0) is 20.0. The minimum Gasteiger partial charge on any atom is -0.487 e. The Morgan fingerprint density at radius 3 is 2.54 bits per heavy atom. The van der Waals surface area contributed by atoms with Crippen LogP contribution < -0.4 is 14.8 Å². The number of hydrogen-bond acceptors (Lipinski definition) is 5. The fourth-order valence-corrected chi connectivity index (χ4v) is 2.86. The molecule has 1 aromatic heterocycles. The van der Waals surface area contributed by atoms with E-state index in [2.05, 4.69) is 15.0 Å². The molecule has 3 rings (SSSR count). The fourth-order valence-electron chi connectivity index (χ4n) is 2.32. The van der Waals surface area contributed by atoms with Gasteiger partial charge in [-0.25, -0.2) is 4.98 Å². The minimum atomic E-state index is -4.80. The molecule has 0 fully saturated rings. The zero-order valence-electron chi connectivity index (χ0n) is 14.4. The highest BCUT2D eigenvalue weighted by Gasteiger charge is 2.31. The Morgan fingerprint density at radius 1 is 1.11 bits per heavy atom. The maximum atomic E-state index is 12.5. The summed E-state index contributed by atoms with van der Waals surface area (Å²) in [5.41, 5.74) is 3.10. The summed E-state index contributed by atoms with van der Waals surface area (Å²) in [5.74, 6) is -0.192. The molecule has 0 radical (unpaired) electrons. The van der Waals surface area contributed by atoms with Crippen molar-refractivity contribution in [3.05, 3.63) is 76.2 Å². The summed E-state index contributed by atoms with van der Waals surface area (Å²) in [7, 11) is 0. The van der Waals surface area contributed by atoms with Crippen LogP contribution >= 0.6 is 11.3 Å². The Morgan fingerprint density at radius 2 is 1.86 bits per heavy atom. The summed E-state index contributed by atoms with van der Waals surface area (Å²) in [5, 5.41) is 4.46. The second-order valence-corrected chi connectivity index (χ2v) is 6.35. The van der Waals surface area contributed by atoms with Crippen molar-refractivity contribution in [3.63, 3.8) is 0 Å². The number of halogens is 3. The van der Waals surface area contributed by atoms with E-state index in [-0.39, 0.29) is 17.9 Å². The standard InChI is InChI=1S/C19H15F3N2O3S/c20-19(21,22)27-17-4-2-1-3-14(17)9-23-18(25)13-5-7-16(8-6-13)26-10-15-11-28-12-24-15/h1-8,11-12H,9-10H2,(H,23,25). The topological polar surface area (TPSA) is 60.5 Å². The second-order valence-electron chi connectivity index (χ2n) is 5.63. The van der Waals surface area contributed by atoms with Gasteiger partial charge in [-0.3, -0.25) is 4.79 Å². The van der Waals surface area contributed by atoms with Crippen LogP contribution in [0.25, 0.3) is 0 Å². The lowest BCUT2D eigenvalue weighted by Gasteiger charge is -2.13. The van der Waals surface area contributed by atoms with E-state index in [9.17, 15) is 18.0 Å². The number of carbonyl (C=O) groups is 1. The highest BCUT2D eigenvalue weighted by Crippen LogP contribution is 2.26. The zero-order valence-corrected chi connectivity index (χ0v) is 15.2. The number of alkyl halides is 3. The monoisotopic (exact) mass is 408 g/mol. The Labute approximate surface area is 162 Å². The molecule has 0 bridgehead atoms. The van der Waals surface area contributed by atoms with E-state index in [1.54, 1.807) is 35.8 Å². The van der Waals surface area contributed by atoms with Crippen molar-refractivity contribution in [1.82, 2.24) is 10.3 Å². The van der Waals surface area contributed by atoms with E-state index in [0.717, 1.165) is 5.69 Å². The molecule has 3 aromatic rings. The average molecular weight is 408 g/mol. The van der Waals surface area contributed by atoms with Crippen LogP contribution in [0.4, 0.5) is 13.2 Å². The molecule has 0 aliphatic carbocycles. The third-order valence-corrected chi connectivity index (χ3v) is 4.26. The van der Waals surface area contributed by atoms with Crippen LogP contribution in [0.15, 0.2) is 59.4 Å². The summed E-state index contributed by atoms with van der Waals surface area (Å²) in [6, 6.07) is 12.1. The fraction of sp³-hybridized carbons (Fsp3) is 0.158. The summed E-state index contributed by atoms with van der Waals surface area (Å²) in [6.07, 6.45) is -4.80. The van der Waals surface area contributed by atoms with Crippen LogP contribution in [-0.4, -0.2) is 17.3 Å². The average Bonchev–Trinajstić information content (AvgIpc) is 3.18. The van der Waals surface area contributed by atoms with Gasteiger partial charge in [0.2, 0.25) is 0 Å². The Hall–Kier alpha value is -3.07. The summed E-state index contributed by atoms with van der Waals surface area (Å²) in [6.45, 7) is 0.220. The van der Waals surface area contributed by atoms with Gasteiger partial charge in [0.05, 0.1) is 11.2 Å². The van der Waals surface area contributed by atoms with Crippen LogP contribution in [0.1, 0.15) is 21.6 Å². The molecule has 9 heteroatoms. The lowest BCUT2D eigenvalue weighted by molar-refractivity contribution is -0.274. The molecule has 0 aliphatic heterocycles. The van der Waals surface area contributed by atoms with E-state index in [1.807, 2.05) is 5.38 Å². The number of aromatic nitrogens is 1. The predicted octanol–water partition coefficient (Wildman–Crippen LogP) is 4.55. The first-order chi connectivity index (χ1) is 13.4. The number of para-hydroxylation sites is 1. The normalized spacial score (nSPS) is 11.1. The van der Waals surface area contributed by atoms with E-state index in [4.69, 9.17) is 4.74 Å². The first kappa shape index (κ1) is 19.7. The van der Waals surface area contributed by atoms with Gasteiger partial charge in [0.25, 0.3) is 5.91 Å². The first-order valence-electron chi connectivity index (χ1n) is 8.12. The van der Waals surface area contributed by atoms with Crippen molar-refractivity contribution in [2.24, 2.45) is 0 Å². The maximum Gasteiger partial charge on any atom is 0.573 e. The molecule has 1 heterocycles. The van der Waals surface area contributed by atoms with Crippen LogP contribution in [0.5, 0.6) is 11.5 Å². The van der Waals surface area contributed by atoms with Crippen molar-refractivity contribution in [2.45, 2.75) is 19.5 Å². The van der Waals surface area contributed by atoms with Gasteiger partial charge in [-0.15, -0.1) is 24.5 Å². The number of thiazole rings is 1. The maximum absolute atomic E-state index is 12.5. The lowest BCUT2D eigenvalue weighted by atomic mass is 10.1. The molecule has 146 valence electrons. The van der Waals surface area contributed by atoms with Crippen LogP contribution in [0, 0.1) is 0 Å². The molecule has 0 aliphatic rings. The van der Waals surface area contributed by atoms with Crippen molar-refractivity contribution in [1.29, 1.82) is 0 Å². The van der Waals surface area contributed by atoms with E-state index in [1.165, 1.54) is 29.5 Å². The molecule has 5 nitrogen and oxygen atoms in total. The SMILES string of the molecule is O=C(NCc1ccccc1OC(F)(F)F)c1ccc(OCc2cscn2)cc1. The van der Waals surface area contributed by atoms with Gasteiger partial charge in [-0.1, -0.05) is 18.2 Å². The molecule has 0 atom stereocenters. The van der Waals surface area contributed by atoms with E-state index >= 15 is 0 Å². The van der Waals surface area contributed by atoms with E-state index < -0.39 is 12.3 Å². The van der Waals surface area contributed by atoms with Crippen LogP contribution in [-0.2, 0) is 13.2 Å². The lowest BCUT2D eigenvalue weighted by Crippen LogP contribution is -2.24. The largest absolute Gasteiger partial charge is 0.573 e. The molecule has 28 heavy (non-hydrogen) atoms. The predicted molar refractivity (Wildman–Crippen MR) is 97.2 cm³/mol. The van der Waals surface area contributed by atoms with Gasteiger partial charge in [-0.2, -0.15) is 0 Å². The number of nitrogens with one attached hydrogen (secondary N) is 1. The quantitative estimate of drug-likeness (QED) is 0.623. The number of hydrogen-bond donors (Lipinski definition) is 1. The van der Waals surface area contributed by atoms with Crippen molar-refractivity contribution in [2.75, 3.05) is 0 Å². The Balaban J connectivity index is 1.56. The summed E-state index contributed by atoms with van der Waals surface area (Å²) >= 11 is 1.47. The van der Waals surface area contributed by atoms with E-state index in [0.29, 0.717) is 17.9 Å². The van der Waals surface area contributed by atoms with Gasteiger partial charge >= 0.3 is 6.36 Å². The molecule has 1 amide bonds. The number of amides is 1. The van der Waals surface area contributed by atoms with Gasteiger partial charge < -0.3 is 14.8 Å². The number of nitrogens with zero attached hydrogens (tertiary/aromatic N) is 1. The molecule has 0 saturated heterocycles. The van der Waals surface area contributed by atoms with Gasteiger partial charge in [-0.05, 0) is 30.3 Å². The Bertz CT molecular complexity index is 913. The van der Waals surface area contributed by atoms with Crippen molar-refractivity contribution < 1.29 is 27.4 Å². The Kier molecular flexibility index (Phi) is 6.15. The minimum absolute atomic E-state index is 0.104. The molecule has 0 saturated carbocycles. The summed E-state index contributed by atoms with van der Waals surface area (Å²) in [4.78, 5) is 16.4. The number of rotatable bonds is 7. The van der Waals surface area contributed by atoms with Gasteiger partial charge in [0, 0.05) is 23.1 Å². The van der Waals surface area contributed by atoms with Crippen LogP contribution in [0.2, 0.25) is 0 Å². The molecule has 0 unspecified atom stereocenters. The number of carbonyl (C=O) groups excluding carboxylic acids is 1. The van der Waals surface area contributed by atoms with Crippen molar-refractivity contribution in [3.8, 4) is 11.5 Å². The molecule has 1 N–H and O–H groups in total. The highest BCUT2D eigenvalue weighted by atomic mass is 32.1.